The highest BCUT2D eigenvalue weighted by molar-refractivity contribution is 5.34. The Morgan fingerprint density at radius 2 is 1.67 bits per heavy atom. The zero-order valence-electron chi connectivity index (χ0n) is 15.8. The molecule has 0 radical (unpaired) electrons. The minimum atomic E-state index is 0.859. The second-order valence-electron chi connectivity index (χ2n) is 7.02. The third-order valence-electron chi connectivity index (χ3n) is 5.00. The third-order valence-corrected chi connectivity index (χ3v) is 5.00. The zero-order chi connectivity index (χ0) is 18.5. The van der Waals surface area contributed by atoms with Crippen LogP contribution in [0.25, 0.3) is 5.69 Å². The lowest BCUT2D eigenvalue weighted by atomic mass is 10.2. The Morgan fingerprint density at radius 3 is 2.30 bits per heavy atom. The van der Waals surface area contributed by atoms with Crippen LogP contribution in [0.3, 0.4) is 0 Å². The van der Waals surface area contributed by atoms with Crippen molar-refractivity contribution in [2.24, 2.45) is 0 Å². The molecule has 1 saturated heterocycles. The molecule has 0 N–H and O–H groups in total. The summed E-state index contributed by atoms with van der Waals surface area (Å²) < 4.78 is 1.88. The second kappa shape index (κ2) is 8.31. The SMILES string of the molecule is CCCc1cnc(N2CCN(Cc3ccc(-n4cccn4)cc3)CC2)nc1. The molecule has 0 amide bonds. The van der Waals surface area contributed by atoms with Gasteiger partial charge in [0.1, 0.15) is 0 Å². The Balaban J connectivity index is 1.30. The molecule has 1 aliphatic rings. The predicted molar refractivity (Wildman–Crippen MR) is 107 cm³/mol. The molecule has 0 bridgehead atoms. The summed E-state index contributed by atoms with van der Waals surface area (Å²) in [5.74, 6) is 0.859. The van der Waals surface area contributed by atoms with E-state index < -0.39 is 0 Å². The van der Waals surface area contributed by atoms with Crippen LogP contribution in [0.15, 0.2) is 55.1 Å². The Morgan fingerprint density at radius 1 is 0.926 bits per heavy atom. The van der Waals surface area contributed by atoms with Crippen LogP contribution in [0.2, 0.25) is 0 Å². The Hall–Kier alpha value is -2.73. The molecule has 0 unspecified atom stereocenters. The van der Waals surface area contributed by atoms with Gasteiger partial charge in [0.25, 0.3) is 0 Å². The summed E-state index contributed by atoms with van der Waals surface area (Å²) in [7, 11) is 0. The molecule has 6 heteroatoms. The molecule has 0 spiro atoms. The lowest BCUT2D eigenvalue weighted by Gasteiger charge is -2.34. The largest absolute Gasteiger partial charge is 0.338 e. The van der Waals surface area contributed by atoms with E-state index in [1.165, 1.54) is 11.1 Å². The van der Waals surface area contributed by atoms with Crippen molar-refractivity contribution in [2.75, 3.05) is 31.1 Å². The van der Waals surface area contributed by atoms with Crippen molar-refractivity contribution >= 4 is 5.95 Å². The van der Waals surface area contributed by atoms with Gasteiger partial charge < -0.3 is 4.90 Å². The van der Waals surface area contributed by atoms with Crippen molar-refractivity contribution in [2.45, 2.75) is 26.3 Å². The molecule has 3 heterocycles. The van der Waals surface area contributed by atoms with Crippen LogP contribution in [0, 0.1) is 0 Å². The molecule has 0 aliphatic carbocycles. The van der Waals surface area contributed by atoms with Gasteiger partial charge in [-0.05, 0) is 35.7 Å². The molecule has 140 valence electrons. The molecule has 4 rings (SSSR count). The fraction of sp³-hybridized carbons (Fsp3) is 0.381. The molecule has 3 aromatic rings. The molecule has 1 aliphatic heterocycles. The maximum absolute atomic E-state index is 4.55. The van der Waals surface area contributed by atoms with Gasteiger partial charge in [-0.15, -0.1) is 0 Å². The van der Waals surface area contributed by atoms with Gasteiger partial charge in [0.05, 0.1) is 5.69 Å². The van der Waals surface area contributed by atoms with Gasteiger partial charge in [0.15, 0.2) is 0 Å². The first-order valence-electron chi connectivity index (χ1n) is 9.69. The molecular weight excluding hydrogens is 336 g/mol. The molecule has 0 atom stereocenters. The maximum Gasteiger partial charge on any atom is 0.225 e. The fourth-order valence-corrected chi connectivity index (χ4v) is 3.47. The first-order chi connectivity index (χ1) is 13.3. The van der Waals surface area contributed by atoms with Crippen LogP contribution in [-0.4, -0.2) is 50.8 Å². The van der Waals surface area contributed by atoms with Crippen LogP contribution in [0.5, 0.6) is 0 Å². The van der Waals surface area contributed by atoms with Gasteiger partial charge in [-0.3, -0.25) is 4.90 Å². The molecule has 2 aromatic heterocycles. The lowest BCUT2D eigenvalue weighted by Crippen LogP contribution is -2.46. The van der Waals surface area contributed by atoms with Crippen LogP contribution in [0.1, 0.15) is 24.5 Å². The van der Waals surface area contributed by atoms with E-state index in [2.05, 4.69) is 56.1 Å². The smallest absolute Gasteiger partial charge is 0.225 e. The van der Waals surface area contributed by atoms with E-state index in [1.54, 1.807) is 6.20 Å². The van der Waals surface area contributed by atoms with E-state index in [0.717, 1.165) is 57.2 Å². The number of aryl methyl sites for hydroxylation is 1. The van der Waals surface area contributed by atoms with E-state index in [0.29, 0.717) is 0 Å². The minimum Gasteiger partial charge on any atom is -0.338 e. The molecule has 1 fully saturated rings. The second-order valence-corrected chi connectivity index (χ2v) is 7.02. The first kappa shape index (κ1) is 17.7. The third kappa shape index (κ3) is 4.34. The van der Waals surface area contributed by atoms with Crippen molar-refractivity contribution in [3.8, 4) is 5.69 Å². The number of piperazine rings is 1. The highest BCUT2D eigenvalue weighted by atomic mass is 15.3. The van der Waals surface area contributed by atoms with Crippen molar-refractivity contribution in [3.05, 3.63) is 66.2 Å². The maximum atomic E-state index is 4.55. The summed E-state index contributed by atoms with van der Waals surface area (Å²) in [5, 5.41) is 4.27. The van der Waals surface area contributed by atoms with Crippen molar-refractivity contribution < 1.29 is 0 Å². The zero-order valence-corrected chi connectivity index (χ0v) is 15.8. The summed E-state index contributed by atoms with van der Waals surface area (Å²) in [4.78, 5) is 13.9. The van der Waals surface area contributed by atoms with E-state index >= 15 is 0 Å². The lowest BCUT2D eigenvalue weighted by molar-refractivity contribution is 0.248. The molecule has 27 heavy (non-hydrogen) atoms. The minimum absolute atomic E-state index is 0.859. The summed E-state index contributed by atoms with van der Waals surface area (Å²) >= 11 is 0. The summed E-state index contributed by atoms with van der Waals surface area (Å²) in [5.41, 5.74) is 3.65. The van der Waals surface area contributed by atoms with Gasteiger partial charge in [-0.25, -0.2) is 14.6 Å². The van der Waals surface area contributed by atoms with Gasteiger partial charge in [-0.2, -0.15) is 5.10 Å². The van der Waals surface area contributed by atoms with Crippen molar-refractivity contribution in [1.82, 2.24) is 24.6 Å². The number of anilines is 1. The average molecular weight is 362 g/mol. The Labute approximate surface area is 160 Å². The normalized spacial score (nSPS) is 15.2. The topological polar surface area (TPSA) is 50.1 Å². The summed E-state index contributed by atoms with van der Waals surface area (Å²) in [6.45, 7) is 7.15. The van der Waals surface area contributed by atoms with Crippen LogP contribution >= 0.6 is 0 Å². The summed E-state index contributed by atoms with van der Waals surface area (Å²) in [6, 6.07) is 10.6. The van der Waals surface area contributed by atoms with E-state index in [9.17, 15) is 0 Å². The monoisotopic (exact) mass is 362 g/mol. The Bertz CT molecular complexity index is 818. The quantitative estimate of drug-likeness (QED) is 0.675. The number of rotatable bonds is 6. The summed E-state index contributed by atoms with van der Waals surface area (Å²) in [6.07, 6.45) is 9.88. The van der Waals surface area contributed by atoms with Crippen LogP contribution in [0.4, 0.5) is 5.95 Å². The Kier molecular flexibility index (Phi) is 5.44. The first-order valence-corrected chi connectivity index (χ1v) is 9.69. The fourth-order valence-electron chi connectivity index (χ4n) is 3.47. The molecule has 1 aromatic carbocycles. The molecule has 0 saturated carbocycles. The highest BCUT2D eigenvalue weighted by Gasteiger charge is 2.19. The number of hydrogen-bond acceptors (Lipinski definition) is 5. The number of benzene rings is 1. The number of nitrogens with zero attached hydrogens (tertiary/aromatic N) is 6. The predicted octanol–water partition coefficient (Wildman–Crippen LogP) is 2.94. The van der Waals surface area contributed by atoms with E-state index in [4.69, 9.17) is 0 Å². The van der Waals surface area contributed by atoms with Crippen LogP contribution < -0.4 is 4.90 Å². The van der Waals surface area contributed by atoms with Crippen molar-refractivity contribution in [3.63, 3.8) is 0 Å². The van der Waals surface area contributed by atoms with E-state index in [1.807, 2.05) is 29.3 Å². The van der Waals surface area contributed by atoms with Gasteiger partial charge >= 0.3 is 0 Å². The van der Waals surface area contributed by atoms with Gasteiger partial charge in [-0.1, -0.05) is 25.5 Å². The van der Waals surface area contributed by atoms with Crippen LogP contribution in [-0.2, 0) is 13.0 Å². The van der Waals surface area contributed by atoms with Gasteiger partial charge in [0.2, 0.25) is 5.95 Å². The van der Waals surface area contributed by atoms with Gasteiger partial charge in [0, 0.05) is 57.5 Å². The molecular formula is C21H26N6. The number of hydrogen-bond donors (Lipinski definition) is 0. The van der Waals surface area contributed by atoms with E-state index in [-0.39, 0.29) is 0 Å². The highest BCUT2D eigenvalue weighted by Crippen LogP contribution is 2.15. The molecule has 6 nitrogen and oxygen atoms in total. The standard InChI is InChI=1S/C21H26N6/c1-2-4-19-15-22-21(23-16-19)26-13-11-25(12-14-26)17-18-5-7-20(8-6-18)27-10-3-9-24-27/h3,5-10,15-16H,2,4,11-14,17H2,1H3. The number of aromatic nitrogens is 4. The average Bonchev–Trinajstić information content (AvgIpc) is 3.25. The van der Waals surface area contributed by atoms with Crippen molar-refractivity contribution in [1.29, 1.82) is 0 Å².